The molecule has 42 heavy (non-hydrogen) atoms. The number of halogens is 2. The molecule has 226 valence electrons. The number of piperazine rings is 1. The minimum Gasteiger partial charge on any atom is -0.379 e. The summed E-state index contributed by atoms with van der Waals surface area (Å²) in [5, 5.41) is 8.12. The highest BCUT2D eigenvalue weighted by Crippen LogP contribution is 2.42. The minimum atomic E-state index is -0.778. The van der Waals surface area contributed by atoms with Gasteiger partial charge in [0, 0.05) is 68.2 Å². The average Bonchev–Trinajstić information content (AvgIpc) is 3.51. The van der Waals surface area contributed by atoms with E-state index in [0.29, 0.717) is 31.2 Å². The molecule has 5 heterocycles. The molecule has 3 aliphatic rings. The molecule has 2 aromatic heterocycles. The second-order valence-corrected chi connectivity index (χ2v) is 12.8. The number of alkyl halides is 1. The predicted octanol–water partition coefficient (Wildman–Crippen LogP) is 2.94. The van der Waals surface area contributed by atoms with Crippen molar-refractivity contribution in [1.29, 1.82) is 0 Å². The molecule has 1 N–H and O–H groups in total. The number of hydrogen-bond acceptors (Lipinski definition) is 7. The van der Waals surface area contributed by atoms with Gasteiger partial charge in [0.2, 0.25) is 5.91 Å². The standard InChI is InChI=1S/C31H41F2N7O2/c1-20-15-38(25(14-34-20)16-37-9-10-42-18-21(37)2)17-28(41)39-19-31(3,4)29-26(39)12-23(11-22-5-7-24(33)8-6-22)30-35-27(13-32)36-40(29)30/h5-8,12,20-21,25,34H,9-11,13-19H2,1-4H3/t20-,21-,25-/m1/s1. The van der Waals surface area contributed by atoms with Crippen LogP contribution in [0.3, 0.4) is 0 Å². The Kier molecular flexibility index (Phi) is 8.03. The Labute approximate surface area is 245 Å². The van der Waals surface area contributed by atoms with Gasteiger partial charge in [0.25, 0.3) is 0 Å². The van der Waals surface area contributed by atoms with Gasteiger partial charge in [0.05, 0.1) is 31.1 Å². The molecule has 1 amide bonds. The van der Waals surface area contributed by atoms with E-state index >= 15 is 0 Å². The van der Waals surface area contributed by atoms with Crippen molar-refractivity contribution in [3.63, 3.8) is 0 Å². The number of fused-ring (bicyclic) bond motifs is 3. The summed E-state index contributed by atoms with van der Waals surface area (Å²) in [6.45, 7) is 13.4. The average molecular weight is 582 g/mol. The van der Waals surface area contributed by atoms with Crippen molar-refractivity contribution in [2.24, 2.45) is 0 Å². The highest BCUT2D eigenvalue weighted by atomic mass is 19.1. The molecule has 0 unspecified atom stereocenters. The molecule has 3 aliphatic heterocycles. The zero-order valence-corrected chi connectivity index (χ0v) is 24.9. The fraction of sp³-hybridized carbons (Fsp3) is 0.581. The van der Waals surface area contributed by atoms with Crippen LogP contribution < -0.4 is 10.2 Å². The van der Waals surface area contributed by atoms with Gasteiger partial charge in [-0.25, -0.2) is 18.3 Å². The SMILES string of the molecule is C[C@@H]1CN(CC(=O)N2CC(C)(C)c3c2cc(Cc2ccc(F)cc2)c2nc(CF)nn32)[C@@H](CN2CCOC[C@H]2C)CN1. The van der Waals surface area contributed by atoms with E-state index in [4.69, 9.17) is 4.74 Å². The highest BCUT2D eigenvalue weighted by molar-refractivity contribution is 5.97. The molecular formula is C31H41F2N7O2. The van der Waals surface area contributed by atoms with E-state index in [1.165, 1.54) is 12.1 Å². The van der Waals surface area contributed by atoms with Crippen LogP contribution in [0.15, 0.2) is 30.3 Å². The number of hydrogen-bond donors (Lipinski definition) is 1. The summed E-state index contributed by atoms with van der Waals surface area (Å²) in [5.74, 6) is -0.157. The second-order valence-electron chi connectivity index (χ2n) is 12.8. The smallest absolute Gasteiger partial charge is 0.241 e. The molecule has 0 spiro atoms. The maximum atomic E-state index is 14.2. The van der Waals surface area contributed by atoms with Crippen molar-refractivity contribution in [3.8, 4) is 0 Å². The largest absolute Gasteiger partial charge is 0.379 e. The van der Waals surface area contributed by atoms with Crippen molar-refractivity contribution in [1.82, 2.24) is 29.7 Å². The summed E-state index contributed by atoms with van der Waals surface area (Å²) < 4.78 is 34.7. The number of morpholine rings is 1. The van der Waals surface area contributed by atoms with Crippen LogP contribution in [0.4, 0.5) is 14.5 Å². The van der Waals surface area contributed by atoms with Crippen molar-refractivity contribution in [2.75, 3.05) is 57.4 Å². The van der Waals surface area contributed by atoms with Gasteiger partial charge in [-0.05, 0) is 37.6 Å². The normalized spacial score (nSPS) is 24.8. The van der Waals surface area contributed by atoms with Crippen LogP contribution in [0.25, 0.3) is 5.65 Å². The Hall–Kier alpha value is -2.99. The van der Waals surface area contributed by atoms with Crippen LogP contribution in [0.5, 0.6) is 0 Å². The Bertz CT molecular complexity index is 1440. The van der Waals surface area contributed by atoms with Crippen LogP contribution in [0.1, 0.15) is 50.3 Å². The number of rotatable bonds is 7. The van der Waals surface area contributed by atoms with Crippen LogP contribution >= 0.6 is 0 Å². The van der Waals surface area contributed by atoms with Gasteiger partial charge in [0.15, 0.2) is 18.1 Å². The zero-order valence-electron chi connectivity index (χ0n) is 24.9. The molecule has 1 aromatic carbocycles. The summed E-state index contributed by atoms with van der Waals surface area (Å²) in [7, 11) is 0. The molecule has 3 atom stereocenters. The molecule has 0 saturated carbocycles. The summed E-state index contributed by atoms with van der Waals surface area (Å²) in [4.78, 5) is 25.3. The Morgan fingerprint density at radius 3 is 2.71 bits per heavy atom. The number of nitrogens with one attached hydrogen (secondary N) is 1. The fourth-order valence-corrected chi connectivity index (χ4v) is 6.72. The number of anilines is 1. The predicted molar refractivity (Wildman–Crippen MR) is 157 cm³/mol. The number of carbonyl (C=O) groups excluding carboxylic acids is 1. The number of carbonyl (C=O) groups is 1. The van der Waals surface area contributed by atoms with Crippen molar-refractivity contribution in [3.05, 3.63) is 58.8 Å². The van der Waals surface area contributed by atoms with Gasteiger partial charge in [0.1, 0.15) is 5.82 Å². The molecule has 3 aromatic rings. The minimum absolute atomic E-state index is 0.0360. The van der Waals surface area contributed by atoms with Crippen LogP contribution in [0, 0.1) is 5.82 Å². The van der Waals surface area contributed by atoms with Gasteiger partial charge < -0.3 is 15.0 Å². The Morgan fingerprint density at radius 2 is 1.98 bits per heavy atom. The Morgan fingerprint density at radius 1 is 1.19 bits per heavy atom. The van der Waals surface area contributed by atoms with Crippen LogP contribution in [-0.4, -0.2) is 101 Å². The molecular weight excluding hydrogens is 540 g/mol. The lowest BCUT2D eigenvalue weighted by Crippen LogP contribution is -2.62. The van der Waals surface area contributed by atoms with Crippen LogP contribution in [0.2, 0.25) is 0 Å². The first kappa shape index (κ1) is 29.1. The number of pyridine rings is 1. The third-order valence-corrected chi connectivity index (χ3v) is 8.93. The van der Waals surface area contributed by atoms with E-state index in [0.717, 1.165) is 61.9 Å². The van der Waals surface area contributed by atoms with E-state index in [9.17, 15) is 13.6 Å². The number of amides is 1. The molecule has 0 bridgehead atoms. The monoisotopic (exact) mass is 581 g/mol. The lowest BCUT2D eigenvalue weighted by molar-refractivity contribution is -0.121. The second kappa shape index (κ2) is 11.6. The number of ether oxygens (including phenoxy) is 1. The van der Waals surface area contributed by atoms with E-state index in [1.807, 2.05) is 11.0 Å². The van der Waals surface area contributed by atoms with Crippen molar-refractivity contribution < 1.29 is 18.3 Å². The first-order valence-electron chi connectivity index (χ1n) is 14.9. The summed E-state index contributed by atoms with van der Waals surface area (Å²) in [5.41, 5.74) is 3.51. The fourth-order valence-electron chi connectivity index (χ4n) is 6.72. The van der Waals surface area contributed by atoms with Crippen molar-refractivity contribution >= 4 is 17.2 Å². The van der Waals surface area contributed by atoms with Gasteiger partial charge in [-0.1, -0.05) is 26.0 Å². The highest BCUT2D eigenvalue weighted by Gasteiger charge is 2.42. The van der Waals surface area contributed by atoms with E-state index < -0.39 is 12.1 Å². The summed E-state index contributed by atoms with van der Waals surface area (Å²) in [6.07, 6.45) is 0.457. The third-order valence-electron chi connectivity index (χ3n) is 8.93. The topological polar surface area (TPSA) is 78.2 Å². The summed E-state index contributed by atoms with van der Waals surface area (Å²) in [6, 6.07) is 9.18. The van der Waals surface area contributed by atoms with Crippen LogP contribution in [-0.2, 0) is 28.0 Å². The van der Waals surface area contributed by atoms with Crippen molar-refractivity contribution in [2.45, 2.75) is 64.3 Å². The lowest BCUT2D eigenvalue weighted by atomic mass is 9.90. The zero-order chi connectivity index (χ0) is 29.6. The van der Waals surface area contributed by atoms with E-state index in [-0.39, 0.29) is 29.6 Å². The van der Waals surface area contributed by atoms with Gasteiger partial charge in [-0.15, -0.1) is 5.10 Å². The lowest BCUT2D eigenvalue weighted by Gasteiger charge is -2.43. The quantitative estimate of drug-likeness (QED) is 0.460. The first-order chi connectivity index (χ1) is 20.1. The molecule has 9 nitrogen and oxygen atoms in total. The Balaban J connectivity index is 1.31. The molecule has 2 saturated heterocycles. The number of aromatic nitrogens is 3. The van der Waals surface area contributed by atoms with E-state index in [2.05, 4.69) is 52.9 Å². The maximum Gasteiger partial charge on any atom is 0.241 e. The molecule has 0 radical (unpaired) electrons. The van der Waals surface area contributed by atoms with Gasteiger partial charge in [-0.3, -0.25) is 14.6 Å². The molecule has 6 rings (SSSR count). The van der Waals surface area contributed by atoms with Gasteiger partial charge >= 0.3 is 0 Å². The summed E-state index contributed by atoms with van der Waals surface area (Å²) >= 11 is 0. The van der Waals surface area contributed by atoms with Gasteiger partial charge in [-0.2, -0.15) is 0 Å². The number of nitrogens with zero attached hydrogens (tertiary/aromatic N) is 6. The number of benzene rings is 1. The molecule has 11 heteroatoms. The van der Waals surface area contributed by atoms with E-state index in [1.54, 1.807) is 16.6 Å². The molecule has 0 aliphatic carbocycles. The first-order valence-corrected chi connectivity index (χ1v) is 14.9. The molecule has 2 fully saturated rings. The third kappa shape index (κ3) is 5.67. The maximum absolute atomic E-state index is 14.2.